The Labute approximate surface area is 426 Å². The molecule has 5 aliphatic heterocycles. The van der Waals surface area contributed by atoms with Gasteiger partial charge in [0.1, 0.15) is 18.4 Å². The molecule has 18 heteroatoms. The summed E-state index contributed by atoms with van der Waals surface area (Å²) in [7, 11) is 0. The van der Waals surface area contributed by atoms with Crippen LogP contribution in [0.1, 0.15) is 70.4 Å². The molecule has 6 bridgehead atoms. The summed E-state index contributed by atoms with van der Waals surface area (Å²) < 4.78 is 24.7. The monoisotopic (exact) mass is 995 g/mol. The van der Waals surface area contributed by atoms with Gasteiger partial charge in [-0.05, 0) is 86.6 Å². The fraction of sp³-hybridized carbons (Fsp3) is 0.455. The van der Waals surface area contributed by atoms with Crippen LogP contribution in [-0.2, 0) is 37.0 Å². The summed E-state index contributed by atoms with van der Waals surface area (Å²) in [6.45, 7) is 13.9. The van der Waals surface area contributed by atoms with Crippen molar-refractivity contribution in [3.63, 3.8) is 0 Å². The molecule has 4 fully saturated rings. The summed E-state index contributed by atoms with van der Waals surface area (Å²) in [5.74, 6) is 0.0946. The molecule has 3 saturated heterocycles. The SMILES string of the molecule is C=C1CCC(N2C(=O)c3cccc(NCCN4CCC(OC5CC(NC(=O)CN6CCN(CCOc7ccc8cc7COC/C=C/COCc7cccc(c7)-c7ccnc(n7)N8)CC6)C5)CC4)c3C2=O)C(=O)N1. The maximum absolute atomic E-state index is 13.5. The summed E-state index contributed by atoms with van der Waals surface area (Å²) in [4.78, 5) is 69.9. The maximum atomic E-state index is 13.5. The van der Waals surface area contributed by atoms with E-state index in [1.54, 1.807) is 18.3 Å². The van der Waals surface area contributed by atoms with Gasteiger partial charge in [0.05, 0.1) is 62.0 Å². The van der Waals surface area contributed by atoms with Gasteiger partial charge in [0.15, 0.2) is 0 Å². The highest BCUT2D eigenvalue weighted by atomic mass is 16.5. The van der Waals surface area contributed by atoms with E-state index in [1.807, 2.05) is 60.7 Å². The number of amides is 4. The van der Waals surface area contributed by atoms with Crippen LogP contribution in [-0.4, -0.2) is 163 Å². The van der Waals surface area contributed by atoms with Crippen LogP contribution in [0.25, 0.3) is 11.3 Å². The lowest BCUT2D eigenvalue weighted by Crippen LogP contribution is -2.54. The number of nitrogens with zero attached hydrogens (tertiary/aromatic N) is 6. The van der Waals surface area contributed by atoms with E-state index in [-0.39, 0.29) is 30.1 Å². The summed E-state index contributed by atoms with van der Waals surface area (Å²) in [5, 5.41) is 12.7. The third-order valence-electron chi connectivity index (χ3n) is 14.5. The van der Waals surface area contributed by atoms with Crippen LogP contribution < -0.4 is 26.0 Å². The Morgan fingerprint density at radius 3 is 2.41 bits per heavy atom. The summed E-state index contributed by atoms with van der Waals surface area (Å²) in [6.07, 6.45) is 10.5. The number of hydrogen-bond acceptors (Lipinski definition) is 15. The zero-order valence-electron chi connectivity index (χ0n) is 41.4. The predicted molar refractivity (Wildman–Crippen MR) is 275 cm³/mol. The molecule has 4 aromatic rings. The summed E-state index contributed by atoms with van der Waals surface area (Å²) in [5.41, 5.74) is 6.52. The van der Waals surface area contributed by atoms with E-state index in [9.17, 15) is 19.2 Å². The number of carbonyl (C=O) groups is 4. The van der Waals surface area contributed by atoms with Gasteiger partial charge in [-0.15, -0.1) is 0 Å². The molecule has 1 aromatic heterocycles. The number of fused-ring (bicyclic) bond motifs is 8. The number of rotatable bonds is 14. The molecule has 73 heavy (non-hydrogen) atoms. The lowest BCUT2D eigenvalue weighted by Gasteiger charge is -2.40. The number of hydrogen-bond donors (Lipinski definition) is 4. The second kappa shape index (κ2) is 23.6. The first kappa shape index (κ1) is 50.0. The number of carbonyl (C=O) groups excluding carboxylic acids is 4. The van der Waals surface area contributed by atoms with E-state index in [2.05, 4.69) is 53.6 Å². The number of piperidine rings is 2. The van der Waals surface area contributed by atoms with Crippen LogP contribution in [0.3, 0.4) is 0 Å². The highest BCUT2D eigenvalue weighted by Gasteiger charge is 2.45. The van der Waals surface area contributed by atoms with Crippen molar-refractivity contribution in [2.75, 3.05) is 95.9 Å². The van der Waals surface area contributed by atoms with Crippen molar-refractivity contribution in [3.05, 3.63) is 120 Å². The van der Waals surface area contributed by atoms with Crippen LogP contribution in [0.2, 0.25) is 0 Å². The van der Waals surface area contributed by atoms with Crippen LogP contribution in [0, 0.1) is 0 Å². The Balaban J connectivity index is 0.600. The van der Waals surface area contributed by atoms with Crippen molar-refractivity contribution in [3.8, 4) is 17.0 Å². The first-order valence-electron chi connectivity index (χ1n) is 25.8. The predicted octanol–water partition coefficient (Wildman–Crippen LogP) is 5.12. The first-order chi connectivity index (χ1) is 35.7. The molecule has 0 spiro atoms. The molecule has 384 valence electrons. The molecule has 1 atom stereocenters. The average molecular weight is 995 g/mol. The van der Waals surface area contributed by atoms with E-state index in [1.165, 1.54) is 0 Å². The maximum Gasteiger partial charge on any atom is 0.264 e. The summed E-state index contributed by atoms with van der Waals surface area (Å²) >= 11 is 0. The minimum atomic E-state index is -0.839. The van der Waals surface area contributed by atoms with Gasteiger partial charge in [0, 0.05) is 99.3 Å². The zero-order chi connectivity index (χ0) is 50.1. The second-order valence-electron chi connectivity index (χ2n) is 19.7. The number of anilines is 3. The molecule has 18 nitrogen and oxygen atoms in total. The number of aromatic nitrogens is 2. The standard InChI is InChI=1S/C55H66N10O8/c1-37-10-12-48(52(67)58-37)65-53(68)45-8-5-9-47(51(45)54(65)69)56-18-21-62-19-15-43(16-20-62)73-44-32-42(33-44)59-50(66)34-64-24-22-63(23-25-64)26-29-72-49-13-11-41-31-40(49)36-71-28-3-2-27-70-35-38-6-4-7-39(30-38)46-14-17-57-55(60-41)61-46/h2-9,11,13-14,17,30-31,42-44,48,56H,1,10,12,15-16,18-29,32-36H2,(H,58,67)(H,59,66)(H,57,60,61)/b3-2+. The Morgan fingerprint density at radius 2 is 1.59 bits per heavy atom. The minimum absolute atomic E-state index is 0.0684. The number of ether oxygens (including phenoxy) is 4. The molecule has 0 radical (unpaired) electrons. The van der Waals surface area contributed by atoms with Gasteiger partial charge in [-0.25, -0.2) is 9.97 Å². The molecule has 4 N–H and O–H groups in total. The molecular weight excluding hydrogens is 929 g/mol. The largest absolute Gasteiger partial charge is 0.492 e. The van der Waals surface area contributed by atoms with Gasteiger partial charge in [-0.2, -0.15) is 0 Å². The van der Waals surface area contributed by atoms with E-state index < -0.39 is 17.9 Å². The molecule has 1 saturated carbocycles. The quantitative estimate of drug-likeness (QED) is 0.0962. The van der Waals surface area contributed by atoms with Crippen LogP contribution in [0.15, 0.2) is 97.4 Å². The van der Waals surface area contributed by atoms with Gasteiger partial charge in [0.25, 0.3) is 11.8 Å². The van der Waals surface area contributed by atoms with Crippen molar-refractivity contribution >= 4 is 41.0 Å². The molecule has 6 aliphatic rings. The average Bonchev–Trinajstić information content (AvgIpc) is 3.64. The van der Waals surface area contributed by atoms with E-state index >= 15 is 0 Å². The Kier molecular flexibility index (Phi) is 16.1. The second-order valence-corrected chi connectivity index (χ2v) is 19.7. The number of allylic oxidation sites excluding steroid dienone is 1. The lowest BCUT2D eigenvalue weighted by molar-refractivity contribution is -0.127. The molecule has 1 aliphatic carbocycles. The van der Waals surface area contributed by atoms with Gasteiger partial charge < -0.3 is 45.1 Å². The third-order valence-corrected chi connectivity index (χ3v) is 14.5. The van der Waals surface area contributed by atoms with E-state index in [0.717, 1.165) is 117 Å². The van der Waals surface area contributed by atoms with Crippen molar-refractivity contribution in [1.82, 2.24) is 40.2 Å². The normalized spacial score (nSPS) is 22.8. The molecule has 10 rings (SSSR count). The number of imide groups is 1. The van der Waals surface area contributed by atoms with Gasteiger partial charge >= 0.3 is 0 Å². The fourth-order valence-corrected chi connectivity index (χ4v) is 10.4. The first-order valence-corrected chi connectivity index (χ1v) is 25.8. The van der Waals surface area contributed by atoms with Gasteiger partial charge in [-0.3, -0.25) is 33.9 Å². The third kappa shape index (κ3) is 12.6. The van der Waals surface area contributed by atoms with E-state index in [0.29, 0.717) is 87.4 Å². The van der Waals surface area contributed by atoms with Crippen LogP contribution in [0.4, 0.5) is 17.3 Å². The Morgan fingerprint density at radius 1 is 0.808 bits per heavy atom. The highest BCUT2D eigenvalue weighted by molar-refractivity contribution is 6.25. The van der Waals surface area contributed by atoms with Crippen LogP contribution >= 0.6 is 0 Å². The fourth-order valence-electron chi connectivity index (χ4n) is 10.4. The van der Waals surface area contributed by atoms with Crippen molar-refractivity contribution < 1.29 is 38.1 Å². The van der Waals surface area contributed by atoms with Crippen molar-refractivity contribution in [2.24, 2.45) is 0 Å². The Hall–Kier alpha value is -6.54. The number of nitrogens with one attached hydrogen (secondary N) is 4. The molecule has 1 unspecified atom stereocenters. The van der Waals surface area contributed by atoms with Crippen molar-refractivity contribution in [2.45, 2.75) is 76.0 Å². The molecule has 4 amide bonds. The van der Waals surface area contributed by atoms with Gasteiger partial charge in [0.2, 0.25) is 17.8 Å². The highest BCUT2D eigenvalue weighted by Crippen LogP contribution is 2.34. The molecular formula is C55H66N10O8. The number of piperazine rings is 1. The van der Waals surface area contributed by atoms with E-state index in [4.69, 9.17) is 23.9 Å². The van der Waals surface area contributed by atoms with Gasteiger partial charge in [-0.1, -0.05) is 43.0 Å². The molecule has 6 heterocycles. The van der Waals surface area contributed by atoms with Crippen molar-refractivity contribution in [1.29, 1.82) is 0 Å². The smallest absolute Gasteiger partial charge is 0.264 e. The van der Waals surface area contributed by atoms with Crippen LogP contribution in [0.5, 0.6) is 5.75 Å². The molecule has 3 aromatic carbocycles. The lowest BCUT2D eigenvalue weighted by atomic mass is 9.88. The Bertz CT molecular complexity index is 2680. The summed E-state index contributed by atoms with van der Waals surface area (Å²) in [6, 6.07) is 20.6. The number of likely N-dealkylation sites (tertiary alicyclic amines) is 1. The zero-order valence-corrected chi connectivity index (χ0v) is 41.4. The topological polar surface area (TPSA) is 192 Å². The number of benzene rings is 3. The minimum Gasteiger partial charge on any atom is -0.492 e.